The Labute approximate surface area is 152 Å². The van der Waals surface area contributed by atoms with Gasteiger partial charge in [-0.3, -0.25) is 4.90 Å². The van der Waals surface area contributed by atoms with E-state index in [0.717, 1.165) is 37.5 Å². The maximum absolute atomic E-state index is 12.7. The molecular formula is C17H25F3N2O3S. The largest absolute Gasteiger partial charge is 0.416 e. The van der Waals surface area contributed by atoms with Gasteiger partial charge in [-0.2, -0.15) is 13.2 Å². The molecule has 0 aliphatic carbocycles. The third-order valence-electron chi connectivity index (χ3n) is 4.78. The van der Waals surface area contributed by atoms with E-state index in [1.165, 1.54) is 0 Å². The highest BCUT2D eigenvalue weighted by Crippen LogP contribution is 2.30. The highest BCUT2D eigenvalue weighted by atomic mass is 32.2. The number of hydrogen-bond donors (Lipinski definition) is 2. The average Bonchev–Trinajstić information content (AvgIpc) is 2.56. The van der Waals surface area contributed by atoms with Gasteiger partial charge in [0.25, 0.3) is 0 Å². The van der Waals surface area contributed by atoms with Gasteiger partial charge in [0.05, 0.1) is 16.6 Å². The number of likely N-dealkylation sites (tertiary alicyclic amines) is 1. The van der Waals surface area contributed by atoms with E-state index in [0.29, 0.717) is 24.7 Å². The van der Waals surface area contributed by atoms with Crippen LogP contribution in [-0.2, 0) is 16.2 Å². The monoisotopic (exact) mass is 394 g/mol. The molecule has 0 radical (unpaired) electrons. The van der Waals surface area contributed by atoms with Gasteiger partial charge >= 0.3 is 6.18 Å². The summed E-state index contributed by atoms with van der Waals surface area (Å²) in [5.41, 5.74) is -1.03. The number of halogens is 3. The molecule has 2 N–H and O–H groups in total. The van der Waals surface area contributed by atoms with E-state index in [-0.39, 0.29) is 6.54 Å². The van der Waals surface area contributed by atoms with Gasteiger partial charge in [0.1, 0.15) is 0 Å². The zero-order valence-electron chi connectivity index (χ0n) is 14.8. The van der Waals surface area contributed by atoms with Crippen molar-refractivity contribution in [1.82, 2.24) is 9.62 Å². The number of benzene rings is 1. The van der Waals surface area contributed by atoms with Crippen molar-refractivity contribution >= 4 is 10.0 Å². The van der Waals surface area contributed by atoms with E-state index in [2.05, 4.69) is 23.5 Å². The summed E-state index contributed by atoms with van der Waals surface area (Å²) < 4.78 is 64.9. The zero-order valence-corrected chi connectivity index (χ0v) is 15.6. The van der Waals surface area contributed by atoms with E-state index >= 15 is 0 Å². The summed E-state index contributed by atoms with van der Waals surface area (Å²) in [4.78, 5) is 1.66. The highest BCUT2D eigenvalue weighted by molar-refractivity contribution is 7.89. The third-order valence-corrected chi connectivity index (χ3v) is 6.20. The molecule has 0 amide bonds. The second-order valence-corrected chi connectivity index (χ2v) is 8.62. The Bertz CT molecular complexity index is 699. The number of aliphatic hydroxyl groups excluding tert-OH is 1. The maximum Gasteiger partial charge on any atom is 0.416 e. The Morgan fingerprint density at radius 1 is 1.27 bits per heavy atom. The fourth-order valence-corrected chi connectivity index (χ4v) is 4.39. The second-order valence-electron chi connectivity index (χ2n) is 6.86. The summed E-state index contributed by atoms with van der Waals surface area (Å²) in [5.74, 6) is 0. The average molecular weight is 394 g/mol. The first-order valence-electron chi connectivity index (χ1n) is 8.61. The van der Waals surface area contributed by atoms with Crippen LogP contribution in [0, 0.1) is 0 Å². The minimum absolute atomic E-state index is 0.255. The van der Waals surface area contributed by atoms with E-state index in [1.54, 1.807) is 0 Å². The van der Waals surface area contributed by atoms with E-state index in [4.69, 9.17) is 0 Å². The molecule has 1 aromatic carbocycles. The maximum atomic E-state index is 12.7. The van der Waals surface area contributed by atoms with Gasteiger partial charge in [-0.05, 0) is 44.9 Å². The van der Waals surface area contributed by atoms with Gasteiger partial charge in [-0.25, -0.2) is 13.1 Å². The fourth-order valence-electron chi connectivity index (χ4n) is 3.27. The number of β-amino-alcohol motifs (C(OH)–C–C–N with tert-alkyl or cyclic N) is 1. The minimum atomic E-state index is -4.62. The molecule has 3 atom stereocenters. The summed E-state index contributed by atoms with van der Waals surface area (Å²) in [6.07, 6.45) is -2.40. The first kappa shape index (κ1) is 21.1. The molecule has 0 aromatic heterocycles. The minimum Gasteiger partial charge on any atom is -0.390 e. The van der Waals surface area contributed by atoms with Crippen molar-refractivity contribution in [1.29, 1.82) is 0 Å². The topological polar surface area (TPSA) is 69.6 Å². The van der Waals surface area contributed by atoms with Crippen LogP contribution in [0.1, 0.15) is 38.7 Å². The molecule has 0 spiro atoms. The Hall–Kier alpha value is -1.16. The number of aliphatic hydroxyl groups is 1. The van der Waals surface area contributed by atoms with Gasteiger partial charge in [0.2, 0.25) is 10.0 Å². The molecule has 5 nitrogen and oxygen atoms in total. The number of piperidine rings is 1. The van der Waals surface area contributed by atoms with Crippen molar-refractivity contribution in [3.63, 3.8) is 0 Å². The standard InChI is InChI=1S/C17H25F3N2O3S/c1-12-5-3-6-13(2)22(12)11-15(23)10-21-26(24,25)16-8-4-7-14(9-16)17(18,19)20/h4,7-9,12-13,15,21,23H,3,5-6,10-11H2,1-2H3/t12-,13+,15-/m0/s1. The molecule has 1 aliphatic heterocycles. The number of nitrogens with zero attached hydrogens (tertiary/aromatic N) is 1. The summed E-state index contributed by atoms with van der Waals surface area (Å²) in [7, 11) is -4.13. The van der Waals surface area contributed by atoms with Crippen LogP contribution in [0.2, 0.25) is 0 Å². The Balaban J connectivity index is 1.99. The van der Waals surface area contributed by atoms with Crippen LogP contribution < -0.4 is 4.72 Å². The molecule has 2 rings (SSSR count). The van der Waals surface area contributed by atoms with Gasteiger partial charge in [-0.15, -0.1) is 0 Å². The fraction of sp³-hybridized carbons (Fsp3) is 0.647. The van der Waals surface area contributed by atoms with Crippen LogP contribution in [0.15, 0.2) is 29.2 Å². The number of hydrogen-bond acceptors (Lipinski definition) is 4. The zero-order chi connectivity index (χ0) is 19.5. The molecular weight excluding hydrogens is 369 g/mol. The van der Waals surface area contributed by atoms with Gasteiger partial charge in [0.15, 0.2) is 0 Å². The molecule has 1 heterocycles. The van der Waals surface area contributed by atoms with Crippen LogP contribution in [0.5, 0.6) is 0 Å². The molecule has 0 bridgehead atoms. The SMILES string of the molecule is C[C@@H]1CCC[C@H](C)N1C[C@@H](O)CNS(=O)(=O)c1cccc(C(F)(F)F)c1. The highest BCUT2D eigenvalue weighted by Gasteiger charge is 2.32. The van der Waals surface area contributed by atoms with Crippen molar-refractivity contribution in [2.75, 3.05) is 13.1 Å². The summed E-state index contributed by atoms with van der Waals surface area (Å²) >= 11 is 0. The van der Waals surface area contributed by atoms with Gasteiger partial charge in [0, 0.05) is 25.2 Å². The van der Waals surface area contributed by atoms with Gasteiger partial charge in [-0.1, -0.05) is 12.5 Å². The Morgan fingerprint density at radius 2 is 1.88 bits per heavy atom. The number of sulfonamides is 1. The van der Waals surface area contributed by atoms with Crippen molar-refractivity contribution in [2.24, 2.45) is 0 Å². The van der Waals surface area contributed by atoms with Crippen LogP contribution >= 0.6 is 0 Å². The lowest BCUT2D eigenvalue weighted by atomic mass is 9.97. The lowest BCUT2D eigenvalue weighted by Gasteiger charge is -2.40. The predicted molar refractivity (Wildman–Crippen MR) is 92.1 cm³/mol. The van der Waals surface area contributed by atoms with Crippen molar-refractivity contribution in [2.45, 2.75) is 62.4 Å². The molecule has 1 fully saturated rings. The van der Waals surface area contributed by atoms with E-state index < -0.39 is 32.8 Å². The van der Waals surface area contributed by atoms with Crippen LogP contribution in [0.3, 0.4) is 0 Å². The molecule has 0 unspecified atom stereocenters. The van der Waals surface area contributed by atoms with Crippen LogP contribution in [0.25, 0.3) is 0 Å². The Kier molecular flexibility index (Phi) is 6.70. The molecule has 0 saturated carbocycles. The molecule has 1 aliphatic rings. The van der Waals surface area contributed by atoms with E-state index in [1.807, 2.05) is 0 Å². The van der Waals surface area contributed by atoms with Crippen molar-refractivity contribution in [3.05, 3.63) is 29.8 Å². The summed E-state index contributed by atoms with van der Waals surface area (Å²) in [6, 6.07) is 4.14. The number of rotatable bonds is 6. The lowest BCUT2D eigenvalue weighted by Crippen LogP contribution is -2.49. The van der Waals surface area contributed by atoms with E-state index in [9.17, 15) is 26.7 Å². The summed E-state index contributed by atoms with van der Waals surface area (Å²) in [6.45, 7) is 4.19. The van der Waals surface area contributed by atoms with Crippen molar-refractivity contribution < 1.29 is 26.7 Å². The predicted octanol–water partition coefficient (Wildman–Crippen LogP) is 2.61. The first-order valence-corrected chi connectivity index (χ1v) is 10.1. The molecule has 26 heavy (non-hydrogen) atoms. The van der Waals surface area contributed by atoms with Crippen molar-refractivity contribution in [3.8, 4) is 0 Å². The smallest absolute Gasteiger partial charge is 0.390 e. The number of nitrogens with one attached hydrogen (secondary N) is 1. The molecule has 9 heteroatoms. The molecule has 1 aromatic rings. The number of alkyl halides is 3. The molecule has 148 valence electrons. The normalized spacial score (nSPS) is 23.8. The second kappa shape index (κ2) is 8.24. The van der Waals surface area contributed by atoms with Gasteiger partial charge < -0.3 is 5.11 Å². The Morgan fingerprint density at radius 3 is 2.46 bits per heavy atom. The lowest BCUT2D eigenvalue weighted by molar-refractivity contribution is -0.137. The summed E-state index contributed by atoms with van der Waals surface area (Å²) in [5, 5.41) is 10.2. The van der Waals surface area contributed by atoms with Crippen LogP contribution in [0.4, 0.5) is 13.2 Å². The third kappa shape index (κ3) is 5.42. The first-order chi connectivity index (χ1) is 12.0. The molecule has 1 saturated heterocycles. The van der Waals surface area contributed by atoms with Crippen LogP contribution in [-0.4, -0.2) is 49.7 Å². The quantitative estimate of drug-likeness (QED) is 0.778.